The molecule has 17 heavy (non-hydrogen) atoms. The van der Waals surface area contributed by atoms with Crippen molar-refractivity contribution in [3.8, 4) is 0 Å². The quantitative estimate of drug-likeness (QED) is 0.623. The highest BCUT2D eigenvalue weighted by atomic mass is 79.9. The Morgan fingerprint density at radius 3 is 2.71 bits per heavy atom. The molecule has 1 aliphatic heterocycles. The monoisotopic (exact) mass is 302 g/mol. The van der Waals surface area contributed by atoms with Crippen LogP contribution in [0.15, 0.2) is 22.7 Å². The number of rotatable bonds is 2. The third-order valence-electron chi connectivity index (χ3n) is 3.29. The molecule has 92 valence electrons. The number of ether oxygens (including phenoxy) is 2. The van der Waals surface area contributed by atoms with Crippen LogP contribution in [0.3, 0.4) is 0 Å². The molecule has 0 aliphatic carbocycles. The molecule has 1 saturated heterocycles. The van der Waals surface area contributed by atoms with Crippen LogP contribution in [0.5, 0.6) is 0 Å². The summed E-state index contributed by atoms with van der Waals surface area (Å²) >= 11 is 3.27. The molecule has 3 nitrogen and oxygen atoms in total. The molecular weight excluding hydrogens is 291 g/mol. The zero-order chi connectivity index (χ0) is 12.8. The third-order valence-corrected chi connectivity index (χ3v) is 3.79. The number of carbonyl (C=O) groups excluding carboxylic acids is 1. The first-order valence-corrected chi connectivity index (χ1v) is 5.88. The van der Waals surface area contributed by atoms with E-state index in [1.807, 2.05) is 0 Å². The van der Waals surface area contributed by atoms with E-state index in [0.717, 1.165) is 4.47 Å². The van der Waals surface area contributed by atoms with E-state index < -0.39 is 23.0 Å². The molecule has 1 aliphatic rings. The Kier molecular flexibility index (Phi) is 2.78. The summed E-state index contributed by atoms with van der Waals surface area (Å²) in [5.41, 5.74) is -1.75. The number of carbonyl (C=O) groups is 1. The maximum Gasteiger partial charge on any atom is 0.341 e. The van der Waals surface area contributed by atoms with Crippen molar-refractivity contribution in [1.29, 1.82) is 0 Å². The predicted molar refractivity (Wildman–Crippen MR) is 63.0 cm³/mol. The van der Waals surface area contributed by atoms with E-state index in [0.29, 0.717) is 5.56 Å². The molecule has 0 bridgehead atoms. The molecular formula is C12H12BrFO3. The Labute approximate surface area is 107 Å². The molecule has 1 fully saturated rings. The van der Waals surface area contributed by atoms with Gasteiger partial charge in [0.25, 0.3) is 0 Å². The fraction of sp³-hybridized carbons (Fsp3) is 0.417. The summed E-state index contributed by atoms with van der Waals surface area (Å²) in [7, 11) is 1.28. The number of hydrogen-bond donors (Lipinski definition) is 0. The van der Waals surface area contributed by atoms with E-state index in [9.17, 15) is 9.18 Å². The number of halogens is 2. The van der Waals surface area contributed by atoms with Crippen LogP contribution >= 0.6 is 15.9 Å². The molecule has 5 heteroatoms. The normalized spacial score (nSPS) is 31.1. The van der Waals surface area contributed by atoms with Gasteiger partial charge in [0.05, 0.1) is 7.11 Å². The minimum Gasteiger partial charge on any atom is -0.467 e. The summed E-state index contributed by atoms with van der Waals surface area (Å²) in [4.78, 5) is 11.6. The van der Waals surface area contributed by atoms with Gasteiger partial charge in [-0.1, -0.05) is 15.9 Å². The second kappa shape index (κ2) is 3.78. The molecule has 1 aromatic rings. The lowest BCUT2D eigenvalue weighted by Crippen LogP contribution is -2.29. The van der Waals surface area contributed by atoms with Gasteiger partial charge in [-0.25, -0.2) is 9.18 Å². The van der Waals surface area contributed by atoms with Gasteiger partial charge in [0.1, 0.15) is 11.4 Å². The molecule has 0 aromatic heterocycles. The van der Waals surface area contributed by atoms with Crippen LogP contribution in [-0.2, 0) is 19.9 Å². The Hall–Kier alpha value is -0.940. The van der Waals surface area contributed by atoms with Gasteiger partial charge in [0.15, 0.2) is 5.60 Å². The topological polar surface area (TPSA) is 38.8 Å². The highest BCUT2D eigenvalue weighted by Crippen LogP contribution is 2.56. The van der Waals surface area contributed by atoms with Crippen molar-refractivity contribution in [2.75, 3.05) is 7.11 Å². The molecule has 0 radical (unpaired) electrons. The Bertz CT molecular complexity index is 491. The van der Waals surface area contributed by atoms with Crippen molar-refractivity contribution in [1.82, 2.24) is 0 Å². The van der Waals surface area contributed by atoms with Crippen molar-refractivity contribution in [2.24, 2.45) is 0 Å². The van der Waals surface area contributed by atoms with E-state index in [4.69, 9.17) is 4.74 Å². The van der Waals surface area contributed by atoms with Crippen LogP contribution < -0.4 is 0 Å². The fourth-order valence-corrected chi connectivity index (χ4v) is 2.35. The molecule has 2 unspecified atom stereocenters. The average molecular weight is 303 g/mol. The van der Waals surface area contributed by atoms with Gasteiger partial charge in [-0.2, -0.15) is 0 Å². The van der Waals surface area contributed by atoms with Crippen LogP contribution in [-0.4, -0.2) is 18.7 Å². The van der Waals surface area contributed by atoms with Crippen LogP contribution in [0.2, 0.25) is 0 Å². The van der Waals surface area contributed by atoms with Gasteiger partial charge < -0.3 is 9.47 Å². The summed E-state index contributed by atoms with van der Waals surface area (Å²) in [6.45, 7) is 3.27. The van der Waals surface area contributed by atoms with Crippen LogP contribution in [0.1, 0.15) is 19.4 Å². The van der Waals surface area contributed by atoms with E-state index in [-0.39, 0.29) is 0 Å². The zero-order valence-electron chi connectivity index (χ0n) is 9.71. The molecule has 0 amide bonds. The summed E-state index contributed by atoms with van der Waals surface area (Å²) in [5, 5.41) is 0. The van der Waals surface area contributed by atoms with E-state index in [2.05, 4.69) is 20.7 Å². The van der Waals surface area contributed by atoms with Gasteiger partial charge in [-0.3, -0.25) is 0 Å². The molecule has 0 spiro atoms. The highest BCUT2D eigenvalue weighted by molar-refractivity contribution is 9.10. The summed E-state index contributed by atoms with van der Waals surface area (Å²) in [5.74, 6) is -0.900. The second-order valence-electron chi connectivity index (χ2n) is 4.28. The number of benzene rings is 1. The Balaban J connectivity index is 2.43. The second-order valence-corrected chi connectivity index (χ2v) is 5.20. The first-order chi connectivity index (χ1) is 7.85. The van der Waals surface area contributed by atoms with Crippen molar-refractivity contribution in [2.45, 2.75) is 25.0 Å². The lowest BCUT2D eigenvalue weighted by molar-refractivity contribution is -0.146. The van der Waals surface area contributed by atoms with Gasteiger partial charge >= 0.3 is 5.97 Å². The van der Waals surface area contributed by atoms with E-state index in [1.54, 1.807) is 26.0 Å². The average Bonchev–Trinajstić information content (AvgIpc) is 2.86. The first-order valence-electron chi connectivity index (χ1n) is 5.09. The zero-order valence-corrected chi connectivity index (χ0v) is 11.3. The molecule has 0 saturated carbocycles. The summed E-state index contributed by atoms with van der Waals surface area (Å²) < 4.78 is 24.6. The maximum absolute atomic E-state index is 13.8. The maximum atomic E-state index is 13.8. The van der Waals surface area contributed by atoms with Crippen LogP contribution in [0.25, 0.3) is 0 Å². The number of esters is 1. The minimum absolute atomic E-state index is 0.347. The molecule has 1 aromatic carbocycles. The van der Waals surface area contributed by atoms with Crippen molar-refractivity contribution in [3.05, 3.63) is 34.1 Å². The number of methoxy groups -OCH3 is 1. The van der Waals surface area contributed by atoms with E-state index in [1.165, 1.54) is 13.2 Å². The largest absolute Gasteiger partial charge is 0.467 e. The van der Waals surface area contributed by atoms with Crippen LogP contribution in [0.4, 0.5) is 4.39 Å². The predicted octanol–water partition coefficient (Wildman–Crippen LogP) is 2.77. The Morgan fingerprint density at radius 2 is 2.12 bits per heavy atom. The molecule has 0 N–H and O–H groups in total. The summed E-state index contributed by atoms with van der Waals surface area (Å²) in [6.07, 6.45) is 0. The lowest BCUT2D eigenvalue weighted by Gasteiger charge is -2.12. The van der Waals surface area contributed by atoms with Crippen molar-refractivity contribution >= 4 is 21.9 Å². The summed E-state index contributed by atoms with van der Waals surface area (Å²) in [6, 6.07) is 4.55. The standard InChI is InChI=1S/C12H12BrFO3/c1-11(12(2,17-11)10(15)16-3)8-6-7(13)4-5-9(8)14/h4-6H,1-3H3. The third kappa shape index (κ3) is 1.68. The van der Waals surface area contributed by atoms with Crippen molar-refractivity contribution < 1.29 is 18.7 Å². The van der Waals surface area contributed by atoms with Crippen LogP contribution in [0, 0.1) is 5.82 Å². The molecule has 2 atom stereocenters. The Morgan fingerprint density at radius 1 is 1.47 bits per heavy atom. The fourth-order valence-electron chi connectivity index (χ4n) is 1.99. The lowest BCUT2D eigenvalue weighted by atomic mass is 9.88. The SMILES string of the molecule is COC(=O)C1(C)OC1(C)c1cc(Br)ccc1F. The van der Waals surface area contributed by atoms with Crippen molar-refractivity contribution in [3.63, 3.8) is 0 Å². The first kappa shape index (κ1) is 12.5. The van der Waals surface area contributed by atoms with Gasteiger partial charge in [-0.05, 0) is 32.0 Å². The van der Waals surface area contributed by atoms with Gasteiger partial charge in [0, 0.05) is 10.0 Å². The van der Waals surface area contributed by atoms with E-state index >= 15 is 0 Å². The molecule has 2 rings (SSSR count). The number of epoxide rings is 1. The smallest absolute Gasteiger partial charge is 0.341 e. The van der Waals surface area contributed by atoms with Gasteiger partial charge in [0.2, 0.25) is 0 Å². The number of hydrogen-bond acceptors (Lipinski definition) is 3. The van der Waals surface area contributed by atoms with Gasteiger partial charge in [-0.15, -0.1) is 0 Å². The highest BCUT2D eigenvalue weighted by Gasteiger charge is 2.71. The molecule has 1 heterocycles. The minimum atomic E-state index is -1.12.